The van der Waals surface area contributed by atoms with E-state index >= 15 is 0 Å². The van der Waals surface area contributed by atoms with Crippen molar-refractivity contribution in [2.45, 2.75) is 6.92 Å². The number of benzene rings is 1. The lowest BCUT2D eigenvalue weighted by molar-refractivity contribution is 0.861. The van der Waals surface area contributed by atoms with E-state index in [1.54, 1.807) is 16.8 Å². The van der Waals surface area contributed by atoms with Crippen LogP contribution in [0, 0.1) is 6.92 Å². The largest absolute Gasteiger partial charge is 0.389 e. The van der Waals surface area contributed by atoms with Gasteiger partial charge in [-0.15, -0.1) is 0 Å². The molecule has 0 amide bonds. The lowest BCUT2D eigenvalue weighted by Gasteiger charge is -2.08. The number of rotatable bonds is 2. The van der Waals surface area contributed by atoms with Gasteiger partial charge in [0.2, 0.25) is 0 Å². The van der Waals surface area contributed by atoms with Crippen molar-refractivity contribution in [2.75, 3.05) is 0 Å². The third kappa shape index (κ3) is 2.08. The molecular formula is C11H10ClN3S. The first-order valence-electron chi connectivity index (χ1n) is 4.70. The van der Waals surface area contributed by atoms with Crippen LogP contribution in [0.2, 0.25) is 5.02 Å². The van der Waals surface area contributed by atoms with Gasteiger partial charge in [0.05, 0.1) is 11.4 Å². The minimum absolute atomic E-state index is 0.311. The molecule has 0 bridgehead atoms. The van der Waals surface area contributed by atoms with Gasteiger partial charge >= 0.3 is 0 Å². The van der Waals surface area contributed by atoms with Gasteiger partial charge < -0.3 is 5.73 Å². The van der Waals surface area contributed by atoms with E-state index in [0.717, 1.165) is 16.9 Å². The average Bonchev–Trinajstić information content (AvgIpc) is 2.64. The fraction of sp³-hybridized carbons (Fsp3) is 0.0909. The molecule has 82 valence electrons. The van der Waals surface area contributed by atoms with Crippen molar-refractivity contribution in [3.05, 3.63) is 46.7 Å². The zero-order valence-corrected chi connectivity index (χ0v) is 10.2. The zero-order valence-electron chi connectivity index (χ0n) is 8.64. The van der Waals surface area contributed by atoms with Crippen molar-refractivity contribution in [3.8, 4) is 5.69 Å². The molecule has 0 spiro atoms. The van der Waals surface area contributed by atoms with Crippen molar-refractivity contribution in [1.29, 1.82) is 0 Å². The van der Waals surface area contributed by atoms with E-state index in [1.165, 1.54) is 0 Å². The minimum atomic E-state index is 0.311. The smallest absolute Gasteiger partial charge is 0.106 e. The Labute approximate surface area is 104 Å². The fourth-order valence-electron chi connectivity index (χ4n) is 1.45. The first-order chi connectivity index (χ1) is 7.58. The Morgan fingerprint density at radius 3 is 2.75 bits per heavy atom. The molecule has 0 radical (unpaired) electrons. The maximum atomic E-state index is 5.91. The molecule has 1 aromatic carbocycles. The van der Waals surface area contributed by atoms with Gasteiger partial charge in [-0.3, -0.25) is 0 Å². The quantitative estimate of drug-likeness (QED) is 0.834. The Morgan fingerprint density at radius 2 is 2.19 bits per heavy atom. The van der Waals surface area contributed by atoms with Crippen LogP contribution in [0.5, 0.6) is 0 Å². The fourth-order valence-corrected chi connectivity index (χ4v) is 1.79. The number of nitrogens with two attached hydrogens (primary N) is 1. The molecule has 1 heterocycles. The summed E-state index contributed by atoms with van der Waals surface area (Å²) in [6, 6.07) is 7.30. The topological polar surface area (TPSA) is 43.8 Å². The van der Waals surface area contributed by atoms with E-state index in [2.05, 4.69) is 5.10 Å². The second-order valence-corrected chi connectivity index (χ2v) is 4.30. The standard InChI is InChI=1S/C11H10ClN3S/c1-7-4-5-15(14-7)10-3-2-8(12)6-9(10)11(13)16/h2-6H,1H3,(H2,13,16). The molecule has 0 unspecified atom stereocenters. The second kappa shape index (κ2) is 4.23. The highest BCUT2D eigenvalue weighted by molar-refractivity contribution is 7.80. The van der Waals surface area contributed by atoms with Gasteiger partial charge in [0.1, 0.15) is 4.99 Å². The van der Waals surface area contributed by atoms with E-state index in [-0.39, 0.29) is 0 Å². The summed E-state index contributed by atoms with van der Waals surface area (Å²) in [5, 5.41) is 4.92. The summed E-state index contributed by atoms with van der Waals surface area (Å²) in [6.07, 6.45) is 1.86. The van der Waals surface area contributed by atoms with Gasteiger partial charge in [-0.05, 0) is 31.2 Å². The summed E-state index contributed by atoms with van der Waals surface area (Å²) >= 11 is 10.9. The first-order valence-corrected chi connectivity index (χ1v) is 5.48. The summed E-state index contributed by atoms with van der Waals surface area (Å²) in [5.74, 6) is 0. The monoisotopic (exact) mass is 251 g/mol. The molecule has 3 nitrogen and oxygen atoms in total. The van der Waals surface area contributed by atoms with Crippen LogP contribution in [0.3, 0.4) is 0 Å². The van der Waals surface area contributed by atoms with E-state index in [9.17, 15) is 0 Å². The Kier molecular flexibility index (Phi) is 2.94. The Morgan fingerprint density at radius 1 is 1.44 bits per heavy atom. The minimum Gasteiger partial charge on any atom is -0.389 e. The van der Waals surface area contributed by atoms with Crippen LogP contribution in [0.4, 0.5) is 0 Å². The van der Waals surface area contributed by atoms with Crippen LogP contribution in [-0.4, -0.2) is 14.8 Å². The van der Waals surface area contributed by atoms with Gasteiger partial charge in [-0.1, -0.05) is 23.8 Å². The van der Waals surface area contributed by atoms with Crippen molar-refractivity contribution in [1.82, 2.24) is 9.78 Å². The van der Waals surface area contributed by atoms with Crippen LogP contribution < -0.4 is 5.73 Å². The summed E-state index contributed by atoms with van der Waals surface area (Å²) in [4.78, 5) is 0.311. The predicted molar refractivity (Wildman–Crippen MR) is 69.2 cm³/mol. The molecule has 0 atom stereocenters. The molecule has 5 heteroatoms. The van der Waals surface area contributed by atoms with Crippen LogP contribution >= 0.6 is 23.8 Å². The second-order valence-electron chi connectivity index (χ2n) is 3.43. The van der Waals surface area contributed by atoms with Gasteiger partial charge in [0, 0.05) is 16.8 Å². The number of nitrogens with zero attached hydrogens (tertiary/aromatic N) is 2. The maximum Gasteiger partial charge on any atom is 0.106 e. The molecule has 0 saturated heterocycles. The summed E-state index contributed by atoms with van der Waals surface area (Å²) in [5.41, 5.74) is 8.16. The number of thiocarbonyl (C=S) groups is 1. The molecular weight excluding hydrogens is 242 g/mol. The molecule has 0 aliphatic heterocycles. The van der Waals surface area contributed by atoms with Gasteiger partial charge in [-0.25, -0.2) is 4.68 Å². The highest BCUT2D eigenvalue weighted by Crippen LogP contribution is 2.19. The molecule has 0 aliphatic rings. The Balaban J connectivity index is 2.60. The Bertz CT molecular complexity index is 548. The predicted octanol–water partition coefficient (Wildman–Crippen LogP) is 2.47. The van der Waals surface area contributed by atoms with Crippen LogP contribution in [0.1, 0.15) is 11.3 Å². The molecule has 0 saturated carbocycles. The third-order valence-electron chi connectivity index (χ3n) is 2.19. The van der Waals surface area contributed by atoms with Gasteiger partial charge in [0.15, 0.2) is 0 Å². The number of aryl methyl sites for hydroxylation is 1. The average molecular weight is 252 g/mol. The maximum absolute atomic E-state index is 5.91. The number of hydrogen-bond donors (Lipinski definition) is 1. The SMILES string of the molecule is Cc1ccn(-c2ccc(Cl)cc2C(N)=S)n1. The summed E-state index contributed by atoms with van der Waals surface area (Å²) in [6.45, 7) is 1.92. The lowest BCUT2D eigenvalue weighted by atomic mass is 10.2. The number of halogens is 1. The summed E-state index contributed by atoms with van der Waals surface area (Å²) in [7, 11) is 0. The van der Waals surface area contributed by atoms with Gasteiger partial charge in [-0.2, -0.15) is 5.10 Å². The highest BCUT2D eigenvalue weighted by atomic mass is 35.5. The lowest BCUT2D eigenvalue weighted by Crippen LogP contribution is -2.13. The molecule has 1 aromatic heterocycles. The van der Waals surface area contributed by atoms with Crippen molar-refractivity contribution in [2.24, 2.45) is 5.73 Å². The van der Waals surface area contributed by atoms with Crippen molar-refractivity contribution in [3.63, 3.8) is 0 Å². The molecule has 16 heavy (non-hydrogen) atoms. The van der Waals surface area contributed by atoms with Crippen molar-refractivity contribution < 1.29 is 0 Å². The zero-order chi connectivity index (χ0) is 11.7. The Hall–Kier alpha value is -1.39. The number of hydrogen-bond acceptors (Lipinski definition) is 2. The molecule has 2 rings (SSSR count). The molecule has 0 fully saturated rings. The summed E-state index contributed by atoms with van der Waals surface area (Å²) < 4.78 is 1.74. The molecule has 0 aliphatic carbocycles. The van der Waals surface area contributed by atoms with Crippen LogP contribution in [0.15, 0.2) is 30.5 Å². The van der Waals surface area contributed by atoms with E-state index in [4.69, 9.17) is 29.6 Å². The van der Waals surface area contributed by atoms with E-state index < -0.39 is 0 Å². The van der Waals surface area contributed by atoms with E-state index in [1.807, 2.05) is 25.3 Å². The van der Waals surface area contributed by atoms with Crippen LogP contribution in [-0.2, 0) is 0 Å². The molecule has 2 N–H and O–H groups in total. The van der Waals surface area contributed by atoms with Crippen LogP contribution in [0.25, 0.3) is 5.69 Å². The highest BCUT2D eigenvalue weighted by Gasteiger charge is 2.08. The molecule has 2 aromatic rings. The van der Waals surface area contributed by atoms with E-state index in [0.29, 0.717) is 10.0 Å². The normalized spacial score (nSPS) is 10.4. The number of aromatic nitrogens is 2. The first kappa shape index (κ1) is 11.1. The van der Waals surface area contributed by atoms with Crippen molar-refractivity contribution >= 4 is 28.8 Å². The third-order valence-corrected chi connectivity index (χ3v) is 2.65. The van der Waals surface area contributed by atoms with Gasteiger partial charge in [0.25, 0.3) is 0 Å².